The number of carbonyl (C=O) groups is 2. The fourth-order valence-electron chi connectivity index (χ4n) is 3.03. The standard InChI is InChI=1S/C17H22ClN3O2.ClH/c1-12(14-8-19-9-14)17(23)21-7-6-20(16(22)11-21)10-13-2-4-15(18)5-3-13;/h2-5,12,14,19H,6-11H2,1H3;1H. The van der Waals surface area contributed by atoms with Crippen LogP contribution in [0.3, 0.4) is 0 Å². The summed E-state index contributed by atoms with van der Waals surface area (Å²) in [7, 11) is 0. The van der Waals surface area contributed by atoms with E-state index in [1.54, 1.807) is 4.90 Å². The number of halogens is 2. The van der Waals surface area contributed by atoms with Gasteiger partial charge in [-0.25, -0.2) is 0 Å². The molecule has 2 aliphatic heterocycles. The van der Waals surface area contributed by atoms with Crippen molar-refractivity contribution in [3.63, 3.8) is 0 Å². The fraction of sp³-hybridized carbons (Fsp3) is 0.529. The molecule has 132 valence electrons. The summed E-state index contributed by atoms with van der Waals surface area (Å²) in [5.41, 5.74) is 1.05. The topological polar surface area (TPSA) is 52.7 Å². The summed E-state index contributed by atoms with van der Waals surface area (Å²) >= 11 is 5.88. The number of nitrogens with one attached hydrogen (secondary N) is 1. The predicted octanol–water partition coefficient (Wildman–Crippen LogP) is 1.79. The van der Waals surface area contributed by atoms with E-state index in [9.17, 15) is 9.59 Å². The van der Waals surface area contributed by atoms with Gasteiger partial charge in [0.15, 0.2) is 0 Å². The van der Waals surface area contributed by atoms with E-state index in [2.05, 4.69) is 5.32 Å². The van der Waals surface area contributed by atoms with Crippen molar-refractivity contribution in [1.29, 1.82) is 0 Å². The molecule has 1 aromatic rings. The van der Waals surface area contributed by atoms with Crippen LogP contribution < -0.4 is 5.32 Å². The van der Waals surface area contributed by atoms with E-state index in [1.807, 2.05) is 36.1 Å². The molecule has 2 heterocycles. The summed E-state index contributed by atoms with van der Waals surface area (Å²) in [5.74, 6) is 0.519. The van der Waals surface area contributed by atoms with Gasteiger partial charge in [-0.15, -0.1) is 12.4 Å². The average Bonchev–Trinajstić information content (AvgIpc) is 2.49. The molecular formula is C17H23Cl2N3O2. The first-order chi connectivity index (χ1) is 11.0. The maximum atomic E-state index is 12.5. The second kappa shape index (κ2) is 8.19. The first-order valence-electron chi connectivity index (χ1n) is 8.06. The third kappa shape index (κ3) is 4.21. The Hall–Kier alpha value is -1.30. The Kier molecular flexibility index (Phi) is 6.49. The van der Waals surface area contributed by atoms with Crippen LogP contribution in [-0.4, -0.2) is 54.3 Å². The highest BCUT2D eigenvalue weighted by atomic mass is 35.5. The van der Waals surface area contributed by atoms with Crippen molar-refractivity contribution in [2.45, 2.75) is 13.5 Å². The highest BCUT2D eigenvalue weighted by Crippen LogP contribution is 2.20. The number of piperazine rings is 1. The number of hydrogen-bond donors (Lipinski definition) is 1. The Bertz CT molecular complexity index is 590. The van der Waals surface area contributed by atoms with Crippen LogP contribution in [0.15, 0.2) is 24.3 Å². The Morgan fingerprint density at radius 2 is 1.96 bits per heavy atom. The lowest BCUT2D eigenvalue weighted by Gasteiger charge is -2.38. The molecule has 2 aliphatic rings. The van der Waals surface area contributed by atoms with Gasteiger partial charge in [-0.2, -0.15) is 0 Å². The summed E-state index contributed by atoms with van der Waals surface area (Å²) in [6.45, 7) is 5.73. The van der Waals surface area contributed by atoms with Gasteiger partial charge in [-0.1, -0.05) is 30.7 Å². The normalized spacial score (nSPS) is 19.5. The van der Waals surface area contributed by atoms with Crippen LogP contribution in [0.5, 0.6) is 0 Å². The minimum Gasteiger partial charge on any atom is -0.335 e. The molecule has 0 bridgehead atoms. The van der Waals surface area contributed by atoms with E-state index in [1.165, 1.54) is 0 Å². The summed E-state index contributed by atoms with van der Waals surface area (Å²) in [6.07, 6.45) is 0. The van der Waals surface area contributed by atoms with Crippen LogP contribution in [0.1, 0.15) is 12.5 Å². The average molecular weight is 372 g/mol. The zero-order valence-corrected chi connectivity index (χ0v) is 15.3. The number of rotatable bonds is 4. The Labute approximate surface area is 153 Å². The summed E-state index contributed by atoms with van der Waals surface area (Å²) in [5, 5.41) is 3.88. The molecule has 2 fully saturated rings. The highest BCUT2D eigenvalue weighted by molar-refractivity contribution is 6.30. The zero-order valence-electron chi connectivity index (χ0n) is 13.7. The largest absolute Gasteiger partial charge is 0.335 e. The van der Waals surface area contributed by atoms with Gasteiger partial charge >= 0.3 is 0 Å². The van der Waals surface area contributed by atoms with Crippen LogP contribution in [0.4, 0.5) is 0 Å². The highest BCUT2D eigenvalue weighted by Gasteiger charge is 2.34. The smallest absolute Gasteiger partial charge is 0.242 e. The molecule has 0 radical (unpaired) electrons. The molecule has 0 spiro atoms. The second-order valence-electron chi connectivity index (χ2n) is 6.41. The van der Waals surface area contributed by atoms with Crippen molar-refractivity contribution >= 4 is 35.8 Å². The Balaban J connectivity index is 0.00000208. The van der Waals surface area contributed by atoms with Gasteiger partial charge in [0.2, 0.25) is 11.8 Å². The molecule has 3 rings (SSSR count). The summed E-state index contributed by atoms with van der Waals surface area (Å²) in [4.78, 5) is 28.4. The molecule has 2 saturated heterocycles. The third-order valence-corrected chi connectivity index (χ3v) is 5.08. The van der Waals surface area contributed by atoms with E-state index in [4.69, 9.17) is 11.6 Å². The molecule has 1 atom stereocenters. The number of nitrogens with zero attached hydrogens (tertiary/aromatic N) is 2. The quantitative estimate of drug-likeness (QED) is 0.877. The van der Waals surface area contributed by atoms with Crippen LogP contribution in [0, 0.1) is 11.8 Å². The fourth-order valence-corrected chi connectivity index (χ4v) is 3.15. The number of benzene rings is 1. The van der Waals surface area contributed by atoms with Crippen molar-refractivity contribution in [3.05, 3.63) is 34.9 Å². The molecule has 5 nitrogen and oxygen atoms in total. The first-order valence-corrected chi connectivity index (χ1v) is 8.44. The van der Waals surface area contributed by atoms with Gasteiger partial charge in [0.1, 0.15) is 0 Å². The van der Waals surface area contributed by atoms with Crippen molar-refractivity contribution in [2.24, 2.45) is 11.8 Å². The molecule has 0 aliphatic carbocycles. The Morgan fingerprint density at radius 1 is 1.29 bits per heavy atom. The number of amides is 2. The molecule has 0 aromatic heterocycles. The number of carbonyl (C=O) groups excluding carboxylic acids is 2. The SMILES string of the molecule is CC(C(=O)N1CCN(Cc2ccc(Cl)cc2)C(=O)C1)C1CNC1.Cl. The van der Waals surface area contributed by atoms with Crippen molar-refractivity contribution in [1.82, 2.24) is 15.1 Å². The summed E-state index contributed by atoms with van der Waals surface area (Å²) in [6, 6.07) is 7.52. The lowest BCUT2D eigenvalue weighted by molar-refractivity contribution is -0.149. The zero-order chi connectivity index (χ0) is 16.4. The van der Waals surface area contributed by atoms with Gasteiger partial charge in [0.25, 0.3) is 0 Å². The minimum absolute atomic E-state index is 0. The molecule has 1 unspecified atom stereocenters. The van der Waals surface area contributed by atoms with Gasteiger partial charge in [-0.05, 0) is 36.7 Å². The van der Waals surface area contributed by atoms with Gasteiger partial charge in [-0.3, -0.25) is 9.59 Å². The van der Waals surface area contributed by atoms with Gasteiger partial charge in [0, 0.05) is 30.6 Å². The van der Waals surface area contributed by atoms with Crippen LogP contribution in [-0.2, 0) is 16.1 Å². The second-order valence-corrected chi connectivity index (χ2v) is 6.84. The van der Waals surface area contributed by atoms with E-state index in [0.717, 1.165) is 18.7 Å². The van der Waals surface area contributed by atoms with E-state index < -0.39 is 0 Å². The maximum Gasteiger partial charge on any atom is 0.242 e. The van der Waals surface area contributed by atoms with Gasteiger partial charge < -0.3 is 15.1 Å². The maximum absolute atomic E-state index is 12.5. The monoisotopic (exact) mass is 371 g/mol. The molecule has 1 aromatic carbocycles. The lowest BCUT2D eigenvalue weighted by Crippen LogP contribution is -2.56. The van der Waals surface area contributed by atoms with E-state index >= 15 is 0 Å². The van der Waals surface area contributed by atoms with Gasteiger partial charge in [0.05, 0.1) is 6.54 Å². The molecule has 7 heteroatoms. The van der Waals surface area contributed by atoms with E-state index in [-0.39, 0.29) is 36.7 Å². The lowest BCUT2D eigenvalue weighted by atomic mass is 9.88. The Morgan fingerprint density at radius 3 is 2.50 bits per heavy atom. The van der Waals surface area contributed by atoms with Crippen LogP contribution in [0.2, 0.25) is 5.02 Å². The first kappa shape index (κ1) is 19.0. The molecule has 0 saturated carbocycles. The molecular weight excluding hydrogens is 349 g/mol. The number of hydrogen-bond acceptors (Lipinski definition) is 3. The van der Waals surface area contributed by atoms with Crippen molar-refractivity contribution in [3.8, 4) is 0 Å². The van der Waals surface area contributed by atoms with Crippen LogP contribution >= 0.6 is 24.0 Å². The molecule has 1 N–H and O–H groups in total. The molecule has 24 heavy (non-hydrogen) atoms. The van der Waals surface area contributed by atoms with Crippen molar-refractivity contribution < 1.29 is 9.59 Å². The van der Waals surface area contributed by atoms with Crippen molar-refractivity contribution in [2.75, 3.05) is 32.7 Å². The molecule has 2 amide bonds. The minimum atomic E-state index is -0.00753. The van der Waals surface area contributed by atoms with Crippen LogP contribution in [0.25, 0.3) is 0 Å². The third-order valence-electron chi connectivity index (χ3n) is 4.83. The van der Waals surface area contributed by atoms with E-state index in [0.29, 0.717) is 30.6 Å². The summed E-state index contributed by atoms with van der Waals surface area (Å²) < 4.78 is 0. The predicted molar refractivity (Wildman–Crippen MR) is 96.2 cm³/mol.